The predicted molar refractivity (Wildman–Crippen MR) is 48.4 cm³/mol. The lowest BCUT2D eigenvalue weighted by molar-refractivity contribution is -0.142. The molecule has 1 rings (SSSR count). The smallest absolute Gasteiger partial charge is 0.310 e. The second-order valence-corrected chi connectivity index (χ2v) is 2.88. The summed E-state index contributed by atoms with van der Waals surface area (Å²) in [4.78, 5) is 11.0. The third-order valence-corrected chi connectivity index (χ3v) is 1.76. The second kappa shape index (κ2) is 4.72. The van der Waals surface area contributed by atoms with Gasteiger partial charge in [-0.25, -0.2) is 8.78 Å². The van der Waals surface area contributed by atoms with Crippen LogP contribution in [0.4, 0.5) is 8.78 Å². The van der Waals surface area contributed by atoms with E-state index in [1.165, 1.54) is 0 Å². The van der Waals surface area contributed by atoms with Gasteiger partial charge in [-0.3, -0.25) is 4.79 Å². The number of rotatable bonds is 3. The molecule has 0 heterocycles. The molecule has 0 saturated carbocycles. The minimum absolute atomic E-state index is 0.135. The van der Waals surface area contributed by atoms with Crippen LogP contribution < -0.4 is 0 Å². The number of aromatic hydroxyl groups is 1. The second-order valence-electron chi connectivity index (χ2n) is 2.88. The lowest BCUT2D eigenvalue weighted by Crippen LogP contribution is -2.09. The predicted octanol–water partition coefficient (Wildman–Crippen LogP) is 1.78. The molecule has 0 atom stereocenters. The number of benzene rings is 1. The number of phenols is 1. The summed E-state index contributed by atoms with van der Waals surface area (Å²) in [6.07, 6.45) is -0.350. The van der Waals surface area contributed by atoms with Crippen LogP contribution in [0.1, 0.15) is 12.5 Å². The lowest BCUT2D eigenvalue weighted by Gasteiger charge is -2.04. The zero-order valence-corrected chi connectivity index (χ0v) is 8.09. The molecule has 1 aromatic carbocycles. The summed E-state index contributed by atoms with van der Waals surface area (Å²) < 4.78 is 30.5. The minimum atomic E-state index is -0.962. The fraction of sp³-hybridized carbons (Fsp3) is 0.300. The SMILES string of the molecule is CCOC(=O)Cc1cc(F)c(O)cc1F. The van der Waals surface area contributed by atoms with Crippen molar-refractivity contribution in [3.63, 3.8) is 0 Å². The average Bonchev–Trinajstić information content (AvgIpc) is 2.14. The van der Waals surface area contributed by atoms with Crippen molar-refractivity contribution in [3.8, 4) is 5.75 Å². The van der Waals surface area contributed by atoms with E-state index in [0.717, 1.165) is 6.07 Å². The molecule has 1 aromatic rings. The normalized spacial score (nSPS) is 10.1. The molecular formula is C10H10F2O3. The van der Waals surface area contributed by atoms with Crippen LogP contribution in [0, 0.1) is 11.6 Å². The minimum Gasteiger partial charge on any atom is -0.505 e. The van der Waals surface area contributed by atoms with Crippen molar-refractivity contribution in [3.05, 3.63) is 29.3 Å². The molecule has 0 aliphatic rings. The molecule has 82 valence electrons. The summed E-state index contributed by atoms with van der Waals surface area (Å²) in [7, 11) is 0. The Labute approximate surface area is 85.3 Å². The Morgan fingerprint density at radius 2 is 2.07 bits per heavy atom. The van der Waals surface area contributed by atoms with E-state index in [-0.39, 0.29) is 18.6 Å². The molecule has 0 aromatic heterocycles. The van der Waals surface area contributed by atoms with E-state index in [0.29, 0.717) is 6.07 Å². The highest BCUT2D eigenvalue weighted by Crippen LogP contribution is 2.20. The molecule has 0 amide bonds. The third kappa shape index (κ3) is 2.90. The summed E-state index contributed by atoms with van der Waals surface area (Å²) >= 11 is 0. The Bertz CT molecular complexity index is 377. The van der Waals surface area contributed by atoms with E-state index < -0.39 is 23.4 Å². The van der Waals surface area contributed by atoms with Gasteiger partial charge in [0.1, 0.15) is 5.82 Å². The Kier molecular flexibility index (Phi) is 3.60. The molecular weight excluding hydrogens is 206 g/mol. The number of carbonyl (C=O) groups is 1. The van der Waals surface area contributed by atoms with E-state index in [4.69, 9.17) is 5.11 Å². The highest BCUT2D eigenvalue weighted by Gasteiger charge is 2.12. The van der Waals surface area contributed by atoms with Crippen LogP contribution in [-0.2, 0) is 16.0 Å². The van der Waals surface area contributed by atoms with Crippen LogP contribution in [0.25, 0.3) is 0 Å². The van der Waals surface area contributed by atoms with E-state index in [1.54, 1.807) is 6.92 Å². The number of carbonyl (C=O) groups excluding carboxylic acids is 1. The summed E-state index contributed by atoms with van der Waals surface area (Å²) in [6.45, 7) is 1.80. The van der Waals surface area contributed by atoms with E-state index >= 15 is 0 Å². The Balaban J connectivity index is 2.86. The third-order valence-electron chi connectivity index (χ3n) is 1.76. The van der Waals surface area contributed by atoms with Gasteiger partial charge in [0.2, 0.25) is 0 Å². The first-order valence-corrected chi connectivity index (χ1v) is 4.37. The standard InChI is InChI=1S/C10H10F2O3/c1-2-15-10(14)4-6-3-8(12)9(13)5-7(6)11/h3,5,13H,2,4H2,1H3. The molecule has 0 spiro atoms. The maximum atomic E-state index is 13.1. The van der Waals surface area contributed by atoms with Crippen molar-refractivity contribution < 1.29 is 23.4 Å². The lowest BCUT2D eigenvalue weighted by atomic mass is 10.1. The molecule has 5 heteroatoms. The summed E-state index contributed by atoms with van der Waals surface area (Å²) in [5.41, 5.74) is -0.135. The Hall–Kier alpha value is -1.65. The van der Waals surface area contributed by atoms with Gasteiger partial charge in [0.05, 0.1) is 13.0 Å². The van der Waals surface area contributed by atoms with Crippen LogP contribution in [0.2, 0.25) is 0 Å². The maximum absolute atomic E-state index is 13.1. The van der Waals surface area contributed by atoms with Crippen molar-refractivity contribution >= 4 is 5.97 Å². The highest BCUT2D eigenvalue weighted by atomic mass is 19.1. The highest BCUT2D eigenvalue weighted by molar-refractivity contribution is 5.72. The maximum Gasteiger partial charge on any atom is 0.310 e. The quantitative estimate of drug-likeness (QED) is 0.783. The first-order chi connectivity index (χ1) is 7.04. The molecule has 0 radical (unpaired) electrons. The average molecular weight is 216 g/mol. The first-order valence-electron chi connectivity index (χ1n) is 4.37. The van der Waals surface area contributed by atoms with Crippen molar-refractivity contribution in [1.82, 2.24) is 0 Å². The molecule has 0 aliphatic carbocycles. The van der Waals surface area contributed by atoms with Crippen LogP contribution in [-0.4, -0.2) is 17.7 Å². The van der Waals surface area contributed by atoms with Gasteiger partial charge in [-0.2, -0.15) is 0 Å². The van der Waals surface area contributed by atoms with Gasteiger partial charge in [-0.15, -0.1) is 0 Å². The van der Waals surface area contributed by atoms with Crippen molar-refractivity contribution in [2.24, 2.45) is 0 Å². The van der Waals surface area contributed by atoms with Crippen LogP contribution in [0.15, 0.2) is 12.1 Å². The number of ether oxygens (including phenoxy) is 1. The zero-order chi connectivity index (χ0) is 11.4. The van der Waals surface area contributed by atoms with Gasteiger partial charge in [-0.1, -0.05) is 0 Å². The topological polar surface area (TPSA) is 46.5 Å². The van der Waals surface area contributed by atoms with Crippen LogP contribution in [0.5, 0.6) is 5.75 Å². The Morgan fingerprint density at radius 3 is 2.67 bits per heavy atom. The van der Waals surface area contributed by atoms with Crippen molar-refractivity contribution in [2.45, 2.75) is 13.3 Å². The van der Waals surface area contributed by atoms with Gasteiger partial charge < -0.3 is 9.84 Å². The summed E-state index contributed by atoms with van der Waals surface area (Å²) in [5, 5.41) is 8.83. The van der Waals surface area contributed by atoms with Gasteiger partial charge in [0.25, 0.3) is 0 Å². The van der Waals surface area contributed by atoms with E-state index in [2.05, 4.69) is 4.74 Å². The number of esters is 1. The number of halogens is 2. The molecule has 0 bridgehead atoms. The Morgan fingerprint density at radius 1 is 1.40 bits per heavy atom. The fourth-order valence-corrected chi connectivity index (χ4v) is 1.08. The molecule has 0 fully saturated rings. The van der Waals surface area contributed by atoms with Gasteiger partial charge in [0, 0.05) is 11.6 Å². The van der Waals surface area contributed by atoms with Crippen LogP contribution >= 0.6 is 0 Å². The monoisotopic (exact) mass is 216 g/mol. The van der Waals surface area contributed by atoms with Gasteiger partial charge >= 0.3 is 5.97 Å². The summed E-state index contributed by atoms with van der Waals surface area (Å²) in [6, 6.07) is 1.41. The molecule has 0 aliphatic heterocycles. The summed E-state index contributed by atoms with van der Waals surface area (Å²) in [5.74, 6) is -3.21. The molecule has 1 N–H and O–H groups in total. The van der Waals surface area contributed by atoms with E-state index in [9.17, 15) is 13.6 Å². The number of hydrogen-bond acceptors (Lipinski definition) is 3. The van der Waals surface area contributed by atoms with Gasteiger partial charge in [-0.05, 0) is 13.0 Å². The largest absolute Gasteiger partial charge is 0.505 e. The van der Waals surface area contributed by atoms with Gasteiger partial charge in [0.15, 0.2) is 11.6 Å². The number of phenolic OH excluding ortho intramolecular Hbond substituents is 1. The van der Waals surface area contributed by atoms with E-state index in [1.807, 2.05) is 0 Å². The zero-order valence-electron chi connectivity index (χ0n) is 8.09. The fourth-order valence-electron chi connectivity index (χ4n) is 1.08. The number of hydrogen-bond donors (Lipinski definition) is 1. The molecule has 15 heavy (non-hydrogen) atoms. The molecule has 0 saturated heterocycles. The first kappa shape index (κ1) is 11.4. The van der Waals surface area contributed by atoms with Crippen molar-refractivity contribution in [2.75, 3.05) is 6.61 Å². The molecule has 3 nitrogen and oxygen atoms in total. The van der Waals surface area contributed by atoms with Crippen LogP contribution in [0.3, 0.4) is 0 Å². The van der Waals surface area contributed by atoms with Crippen molar-refractivity contribution in [1.29, 1.82) is 0 Å². The molecule has 0 unspecified atom stereocenters.